The van der Waals surface area contributed by atoms with E-state index >= 15 is 0 Å². The second-order valence-electron chi connectivity index (χ2n) is 2.46. The molecule has 0 fully saturated rings. The molecule has 0 amide bonds. The lowest BCUT2D eigenvalue weighted by Gasteiger charge is -1.97. The van der Waals surface area contributed by atoms with Gasteiger partial charge in [0.1, 0.15) is 5.75 Å². The number of benzene rings is 1. The van der Waals surface area contributed by atoms with E-state index in [-0.39, 0.29) is 11.1 Å². The minimum absolute atomic E-state index is 0.0584. The number of aromatic hydroxyl groups is 1. The van der Waals surface area contributed by atoms with Crippen LogP contribution < -0.4 is 0 Å². The second-order valence-corrected chi connectivity index (χ2v) is 4.32. The van der Waals surface area contributed by atoms with E-state index in [1.165, 1.54) is 0 Å². The molecule has 1 nitrogen and oxygen atoms in total. The Morgan fingerprint density at radius 2 is 2.00 bits per heavy atom. The Kier molecular flexibility index (Phi) is 2.00. The fourth-order valence-electron chi connectivity index (χ4n) is 1.08. The van der Waals surface area contributed by atoms with Crippen molar-refractivity contribution >= 4 is 37.4 Å². The average Bonchev–Trinajstić information content (AvgIpc) is 2.37. The number of thiophene rings is 1. The molecule has 0 bridgehead atoms. The van der Waals surface area contributed by atoms with Crippen LogP contribution in [0.5, 0.6) is 5.75 Å². The van der Waals surface area contributed by atoms with Gasteiger partial charge in [-0.15, -0.1) is 11.3 Å². The first-order chi connectivity index (χ1) is 6.11. The third-order valence-corrected chi connectivity index (χ3v) is 3.24. The first-order valence-corrected chi connectivity index (χ1v) is 4.97. The molecule has 0 spiro atoms. The summed E-state index contributed by atoms with van der Waals surface area (Å²) in [6.07, 6.45) is 0. The van der Waals surface area contributed by atoms with Crippen LogP contribution in [0.1, 0.15) is 0 Å². The van der Waals surface area contributed by atoms with Crippen LogP contribution in [0.15, 0.2) is 16.6 Å². The van der Waals surface area contributed by atoms with Gasteiger partial charge in [-0.25, -0.2) is 4.39 Å². The first kappa shape index (κ1) is 8.90. The lowest BCUT2D eigenvalue weighted by molar-refractivity contribution is 0.472. The molecule has 13 heavy (non-hydrogen) atoms. The van der Waals surface area contributed by atoms with Gasteiger partial charge >= 0.3 is 0 Å². The second kappa shape index (κ2) is 2.92. The Morgan fingerprint density at radius 1 is 1.31 bits per heavy atom. The molecule has 5 heteroatoms. The fourth-order valence-corrected chi connectivity index (χ4v) is 2.22. The number of halogens is 3. The molecule has 2 rings (SSSR count). The van der Waals surface area contributed by atoms with Crippen LogP contribution in [0.2, 0.25) is 0 Å². The summed E-state index contributed by atoms with van der Waals surface area (Å²) in [5.74, 6) is -1.24. The maximum Gasteiger partial charge on any atom is 0.213 e. The topological polar surface area (TPSA) is 20.2 Å². The van der Waals surface area contributed by atoms with Crippen LogP contribution >= 0.6 is 27.3 Å². The zero-order valence-corrected chi connectivity index (χ0v) is 8.55. The van der Waals surface area contributed by atoms with Crippen LogP contribution in [-0.4, -0.2) is 5.11 Å². The Morgan fingerprint density at radius 3 is 2.69 bits per heavy atom. The van der Waals surface area contributed by atoms with Crippen molar-refractivity contribution in [1.82, 2.24) is 0 Å². The Hall–Kier alpha value is -0.680. The minimum Gasteiger partial charge on any atom is -0.506 e. The quantitative estimate of drug-likeness (QED) is 0.770. The normalized spacial score (nSPS) is 11.0. The van der Waals surface area contributed by atoms with Gasteiger partial charge in [0.05, 0.1) is 9.86 Å². The van der Waals surface area contributed by atoms with Crippen LogP contribution in [0.25, 0.3) is 10.1 Å². The smallest absolute Gasteiger partial charge is 0.213 e. The van der Waals surface area contributed by atoms with Gasteiger partial charge in [0.25, 0.3) is 0 Å². The fraction of sp³-hybridized carbons (Fsp3) is 0. The van der Waals surface area contributed by atoms with E-state index < -0.39 is 10.9 Å². The highest BCUT2D eigenvalue weighted by molar-refractivity contribution is 9.10. The third kappa shape index (κ3) is 1.23. The van der Waals surface area contributed by atoms with Crippen LogP contribution in [0.4, 0.5) is 8.78 Å². The molecule has 2 aromatic rings. The number of fused-ring (bicyclic) bond motifs is 1. The summed E-state index contributed by atoms with van der Waals surface area (Å²) in [6, 6.07) is 3.10. The summed E-state index contributed by atoms with van der Waals surface area (Å²) in [5, 5.41) is 8.45. The molecule has 0 saturated heterocycles. The van der Waals surface area contributed by atoms with E-state index in [9.17, 15) is 13.9 Å². The van der Waals surface area contributed by atoms with Crippen molar-refractivity contribution in [3.8, 4) is 5.75 Å². The van der Waals surface area contributed by atoms with Crippen LogP contribution in [0.3, 0.4) is 0 Å². The van der Waals surface area contributed by atoms with Gasteiger partial charge in [-0.1, -0.05) is 0 Å². The summed E-state index contributed by atoms with van der Waals surface area (Å²) in [6.45, 7) is 0. The van der Waals surface area contributed by atoms with Gasteiger partial charge in [0.15, 0.2) is 5.82 Å². The monoisotopic (exact) mass is 264 g/mol. The molecule has 1 aromatic heterocycles. The molecule has 0 atom stereocenters. The third-order valence-electron chi connectivity index (χ3n) is 1.68. The van der Waals surface area contributed by atoms with Crippen molar-refractivity contribution in [1.29, 1.82) is 0 Å². The summed E-state index contributed by atoms with van der Waals surface area (Å²) in [7, 11) is 0. The number of phenols is 1. The highest BCUT2D eigenvalue weighted by Gasteiger charge is 2.16. The van der Waals surface area contributed by atoms with Gasteiger partial charge < -0.3 is 5.11 Å². The molecule has 1 aromatic carbocycles. The molecular formula is C8H3BrF2OS. The van der Waals surface area contributed by atoms with Crippen molar-refractivity contribution in [2.75, 3.05) is 0 Å². The lowest BCUT2D eigenvalue weighted by atomic mass is 10.2. The van der Waals surface area contributed by atoms with Gasteiger partial charge in [0, 0.05) is 4.70 Å². The van der Waals surface area contributed by atoms with E-state index in [0.717, 1.165) is 0 Å². The zero-order chi connectivity index (χ0) is 9.59. The standard InChI is InChI=1S/C8H3BrF2OS/c9-3-1-2-4-5(7(3)12)6(10)8(11)13-4/h1-2,12H. The Balaban J connectivity index is 2.97. The maximum atomic E-state index is 13.1. The van der Waals surface area contributed by atoms with Crippen molar-refractivity contribution in [2.24, 2.45) is 0 Å². The molecule has 0 radical (unpaired) electrons. The summed E-state index contributed by atoms with van der Waals surface area (Å²) >= 11 is 3.70. The van der Waals surface area contributed by atoms with Crippen LogP contribution in [0, 0.1) is 10.9 Å². The summed E-state index contributed by atoms with van der Waals surface area (Å²) < 4.78 is 26.6. The van der Waals surface area contributed by atoms with Gasteiger partial charge in [-0.3, -0.25) is 0 Å². The van der Waals surface area contributed by atoms with E-state index in [1.807, 2.05) is 0 Å². The predicted molar refractivity (Wildman–Crippen MR) is 51.1 cm³/mol. The number of hydrogen-bond donors (Lipinski definition) is 1. The maximum absolute atomic E-state index is 13.1. The number of phenolic OH excluding ortho intramolecular Hbond substituents is 1. The van der Waals surface area contributed by atoms with E-state index in [4.69, 9.17) is 0 Å². The Labute approximate surface area is 84.7 Å². The van der Waals surface area contributed by atoms with Gasteiger partial charge in [-0.2, -0.15) is 4.39 Å². The van der Waals surface area contributed by atoms with E-state index in [2.05, 4.69) is 15.9 Å². The average molecular weight is 265 g/mol. The van der Waals surface area contributed by atoms with E-state index in [1.54, 1.807) is 12.1 Å². The molecule has 0 aliphatic rings. The van der Waals surface area contributed by atoms with Crippen LogP contribution in [-0.2, 0) is 0 Å². The SMILES string of the molecule is Oc1c(Br)ccc2sc(F)c(F)c12. The molecule has 0 aliphatic carbocycles. The van der Waals surface area contributed by atoms with Crippen molar-refractivity contribution < 1.29 is 13.9 Å². The van der Waals surface area contributed by atoms with Crippen molar-refractivity contribution in [3.63, 3.8) is 0 Å². The van der Waals surface area contributed by atoms with Gasteiger partial charge in [-0.05, 0) is 28.1 Å². The highest BCUT2D eigenvalue weighted by atomic mass is 79.9. The molecule has 0 saturated carbocycles. The van der Waals surface area contributed by atoms with Crippen molar-refractivity contribution in [3.05, 3.63) is 27.6 Å². The molecular weight excluding hydrogens is 262 g/mol. The number of rotatable bonds is 0. The summed E-state index contributed by atoms with van der Waals surface area (Å²) in [5.41, 5.74) is 0. The molecule has 68 valence electrons. The van der Waals surface area contributed by atoms with E-state index in [0.29, 0.717) is 20.5 Å². The summed E-state index contributed by atoms with van der Waals surface area (Å²) in [4.78, 5) is 0. The molecule has 1 N–H and O–H groups in total. The molecule has 0 unspecified atom stereocenters. The van der Waals surface area contributed by atoms with Crippen molar-refractivity contribution in [2.45, 2.75) is 0 Å². The lowest BCUT2D eigenvalue weighted by Crippen LogP contribution is -1.75. The zero-order valence-electron chi connectivity index (χ0n) is 6.14. The predicted octanol–water partition coefficient (Wildman–Crippen LogP) is 3.65. The largest absolute Gasteiger partial charge is 0.506 e. The molecule has 0 aliphatic heterocycles. The minimum atomic E-state index is -0.987. The van der Waals surface area contributed by atoms with Gasteiger partial charge in [0.2, 0.25) is 5.13 Å². The first-order valence-electron chi connectivity index (χ1n) is 3.36. The Bertz CT molecular complexity index is 480. The number of hydrogen-bond acceptors (Lipinski definition) is 2. The highest BCUT2D eigenvalue weighted by Crippen LogP contribution is 2.38. The molecule has 1 heterocycles.